The molecule has 0 heterocycles. The highest BCUT2D eigenvalue weighted by Gasteiger charge is 1.93. The number of hydrogen-bond donors (Lipinski definition) is 1. The topological polar surface area (TPSA) is 36.2 Å². The highest BCUT2D eigenvalue weighted by atomic mass is 14.6. The largest absolute Gasteiger partial charge is 0.305 e. The summed E-state index contributed by atoms with van der Waals surface area (Å²) in [6.07, 6.45) is 4.54. The molecule has 0 bridgehead atoms. The van der Waals surface area contributed by atoms with Crippen LogP contribution in [0.4, 0.5) is 0 Å². The molecule has 0 aliphatic heterocycles. The lowest BCUT2D eigenvalue weighted by molar-refractivity contribution is 1.31. The molecule has 0 aliphatic carbocycles. The Bertz CT molecular complexity index is 166. The van der Waals surface area contributed by atoms with Gasteiger partial charge in [0.1, 0.15) is 0 Å². The molecule has 0 amide bonds. The Balaban J connectivity index is 3.99. The van der Waals surface area contributed by atoms with Gasteiger partial charge < -0.3 is 10.4 Å². The van der Waals surface area contributed by atoms with Gasteiger partial charge >= 0.3 is 0 Å². The molecule has 56 valence electrons. The molecular formula is C8H14N2. The summed E-state index contributed by atoms with van der Waals surface area (Å²) in [5.74, 6) is 0. The van der Waals surface area contributed by atoms with Crippen molar-refractivity contribution in [3.05, 3.63) is 11.6 Å². The first-order chi connectivity index (χ1) is 4.72. The van der Waals surface area contributed by atoms with Crippen molar-refractivity contribution in [3.63, 3.8) is 0 Å². The number of nitrogens with one attached hydrogen (secondary N) is 1. The lowest BCUT2D eigenvalue weighted by Crippen LogP contribution is -1.95. The van der Waals surface area contributed by atoms with Crippen molar-refractivity contribution >= 4 is 11.9 Å². The van der Waals surface area contributed by atoms with E-state index < -0.39 is 0 Å². The predicted octanol–water partition coefficient (Wildman–Crippen LogP) is 2.06. The molecule has 2 nitrogen and oxygen atoms in total. The van der Waals surface area contributed by atoms with Crippen molar-refractivity contribution in [2.75, 3.05) is 7.05 Å². The van der Waals surface area contributed by atoms with Crippen LogP contribution in [-0.2, 0) is 0 Å². The fourth-order valence-electron chi connectivity index (χ4n) is 0.677. The Morgan fingerprint density at radius 3 is 2.50 bits per heavy atom. The van der Waals surface area contributed by atoms with E-state index in [4.69, 9.17) is 5.41 Å². The first kappa shape index (κ1) is 9.08. The third-order valence-corrected chi connectivity index (χ3v) is 1.32. The smallest absolute Gasteiger partial charge is 0.0315 e. The third-order valence-electron chi connectivity index (χ3n) is 1.32. The van der Waals surface area contributed by atoms with E-state index >= 15 is 0 Å². The first-order valence-corrected chi connectivity index (χ1v) is 3.33. The molecule has 0 fully saturated rings. The minimum atomic E-state index is 0.627. The molecule has 0 aromatic carbocycles. The van der Waals surface area contributed by atoms with Gasteiger partial charge in [-0.05, 0) is 19.4 Å². The Hall–Kier alpha value is -0.920. The standard InChI is InChI=1S/C8H14N2/c1-4-8(7(2)9)5-6-10-3/h4,6,9H,5H2,1-3H3/b8-4-,9-7?,10-6?. The van der Waals surface area contributed by atoms with Crippen LogP contribution in [0.15, 0.2) is 16.6 Å². The highest BCUT2D eigenvalue weighted by Crippen LogP contribution is 1.99. The Labute approximate surface area is 62.2 Å². The van der Waals surface area contributed by atoms with Crippen molar-refractivity contribution in [1.82, 2.24) is 0 Å². The van der Waals surface area contributed by atoms with E-state index in [1.165, 1.54) is 0 Å². The summed E-state index contributed by atoms with van der Waals surface area (Å²) in [7, 11) is 1.74. The normalized spacial score (nSPS) is 12.5. The minimum Gasteiger partial charge on any atom is -0.305 e. The fraction of sp³-hybridized carbons (Fsp3) is 0.500. The van der Waals surface area contributed by atoms with Gasteiger partial charge in [0, 0.05) is 25.4 Å². The molecule has 0 aliphatic rings. The molecule has 0 unspecified atom stereocenters. The summed E-state index contributed by atoms with van der Waals surface area (Å²) in [4.78, 5) is 3.84. The summed E-state index contributed by atoms with van der Waals surface area (Å²) >= 11 is 0. The molecular weight excluding hydrogens is 124 g/mol. The summed E-state index contributed by atoms with van der Waals surface area (Å²) in [5.41, 5.74) is 1.67. The van der Waals surface area contributed by atoms with Gasteiger partial charge in [0.2, 0.25) is 0 Å². The fourth-order valence-corrected chi connectivity index (χ4v) is 0.677. The van der Waals surface area contributed by atoms with Gasteiger partial charge in [-0.1, -0.05) is 6.08 Å². The van der Waals surface area contributed by atoms with Crippen LogP contribution in [0.25, 0.3) is 0 Å². The minimum absolute atomic E-state index is 0.627. The van der Waals surface area contributed by atoms with Gasteiger partial charge in [-0.15, -0.1) is 0 Å². The van der Waals surface area contributed by atoms with Gasteiger partial charge in [0.05, 0.1) is 0 Å². The van der Waals surface area contributed by atoms with Crippen LogP contribution in [0, 0.1) is 5.41 Å². The zero-order valence-corrected chi connectivity index (χ0v) is 6.81. The second kappa shape index (κ2) is 4.91. The summed E-state index contributed by atoms with van der Waals surface area (Å²) in [5, 5.41) is 7.30. The molecule has 0 saturated heterocycles. The molecule has 0 aromatic heterocycles. The van der Waals surface area contributed by atoms with E-state index in [1.54, 1.807) is 14.0 Å². The van der Waals surface area contributed by atoms with E-state index in [1.807, 2.05) is 19.2 Å². The number of rotatable bonds is 3. The molecule has 1 N–H and O–H groups in total. The van der Waals surface area contributed by atoms with Gasteiger partial charge in [-0.25, -0.2) is 0 Å². The maximum absolute atomic E-state index is 7.30. The van der Waals surface area contributed by atoms with Gasteiger partial charge in [0.15, 0.2) is 0 Å². The number of hydrogen-bond acceptors (Lipinski definition) is 2. The van der Waals surface area contributed by atoms with Gasteiger partial charge in [-0.2, -0.15) is 0 Å². The van der Waals surface area contributed by atoms with Gasteiger partial charge in [-0.3, -0.25) is 0 Å². The van der Waals surface area contributed by atoms with Crippen LogP contribution >= 0.6 is 0 Å². The maximum atomic E-state index is 7.30. The van der Waals surface area contributed by atoms with E-state index in [0.29, 0.717) is 5.71 Å². The quantitative estimate of drug-likeness (QED) is 0.579. The van der Waals surface area contributed by atoms with Crippen molar-refractivity contribution in [2.24, 2.45) is 4.99 Å². The average molecular weight is 138 g/mol. The van der Waals surface area contributed by atoms with Crippen LogP contribution in [0.3, 0.4) is 0 Å². The lowest BCUT2D eigenvalue weighted by Gasteiger charge is -1.97. The Morgan fingerprint density at radius 1 is 1.60 bits per heavy atom. The van der Waals surface area contributed by atoms with Crippen LogP contribution < -0.4 is 0 Å². The SMILES string of the molecule is C/C=C(/CC=NC)C(C)=N. The van der Waals surface area contributed by atoms with Crippen molar-refractivity contribution < 1.29 is 0 Å². The number of aliphatic imine (C=N–C) groups is 1. The summed E-state index contributed by atoms with van der Waals surface area (Å²) in [6.45, 7) is 3.73. The first-order valence-electron chi connectivity index (χ1n) is 3.33. The zero-order valence-electron chi connectivity index (χ0n) is 6.81. The van der Waals surface area contributed by atoms with Gasteiger partial charge in [0.25, 0.3) is 0 Å². The number of allylic oxidation sites excluding steroid dienone is 2. The van der Waals surface area contributed by atoms with Crippen molar-refractivity contribution in [1.29, 1.82) is 5.41 Å². The van der Waals surface area contributed by atoms with E-state index in [2.05, 4.69) is 4.99 Å². The lowest BCUT2D eigenvalue weighted by atomic mass is 10.1. The molecule has 0 saturated carbocycles. The monoisotopic (exact) mass is 138 g/mol. The maximum Gasteiger partial charge on any atom is 0.0315 e. The molecule has 2 heteroatoms. The number of nitrogens with zero attached hydrogens (tertiary/aromatic N) is 1. The van der Waals surface area contributed by atoms with Crippen LogP contribution in [-0.4, -0.2) is 19.0 Å². The predicted molar refractivity (Wildman–Crippen MR) is 46.2 cm³/mol. The second-order valence-electron chi connectivity index (χ2n) is 2.08. The highest BCUT2D eigenvalue weighted by molar-refractivity contribution is 5.98. The zero-order chi connectivity index (χ0) is 7.98. The molecule has 0 spiro atoms. The van der Waals surface area contributed by atoms with E-state index in [9.17, 15) is 0 Å². The van der Waals surface area contributed by atoms with Crippen molar-refractivity contribution in [2.45, 2.75) is 20.3 Å². The average Bonchev–Trinajstić information content (AvgIpc) is 1.89. The summed E-state index contributed by atoms with van der Waals surface area (Å²) in [6, 6.07) is 0. The Morgan fingerprint density at radius 2 is 2.20 bits per heavy atom. The molecule has 0 radical (unpaired) electrons. The molecule has 10 heavy (non-hydrogen) atoms. The summed E-state index contributed by atoms with van der Waals surface area (Å²) < 4.78 is 0. The third kappa shape index (κ3) is 3.17. The van der Waals surface area contributed by atoms with Crippen LogP contribution in [0.2, 0.25) is 0 Å². The van der Waals surface area contributed by atoms with Crippen LogP contribution in [0.1, 0.15) is 20.3 Å². The molecule has 0 aromatic rings. The Kier molecular flexibility index (Phi) is 4.46. The van der Waals surface area contributed by atoms with Crippen LogP contribution in [0.5, 0.6) is 0 Å². The van der Waals surface area contributed by atoms with E-state index in [0.717, 1.165) is 12.0 Å². The molecule has 0 rings (SSSR count). The molecule has 0 atom stereocenters. The second-order valence-corrected chi connectivity index (χ2v) is 2.08. The van der Waals surface area contributed by atoms with E-state index in [-0.39, 0.29) is 0 Å². The van der Waals surface area contributed by atoms with Crippen molar-refractivity contribution in [3.8, 4) is 0 Å².